The number of rotatable bonds is 6. The molecule has 0 bridgehead atoms. The Labute approximate surface area is 101 Å². The van der Waals surface area contributed by atoms with E-state index in [2.05, 4.69) is 9.97 Å². The van der Waals surface area contributed by atoms with Crippen molar-refractivity contribution in [1.29, 1.82) is 0 Å². The summed E-state index contributed by atoms with van der Waals surface area (Å²) in [6.45, 7) is 3.86. The first kappa shape index (κ1) is 13.4. The Morgan fingerprint density at radius 2 is 2.06 bits per heavy atom. The summed E-state index contributed by atoms with van der Waals surface area (Å²) in [6.07, 6.45) is 5.39. The summed E-state index contributed by atoms with van der Waals surface area (Å²) in [5, 5.41) is 9.78. The molecule has 0 radical (unpaired) electrons. The highest BCUT2D eigenvalue weighted by molar-refractivity contribution is 7.99. The van der Waals surface area contributed by atoms with Gasteiger partial charge in [0.2, 0.25) is 0 Å². The van der Waals surface area contributed by atoms with Gasteiger partial charge in [-0.15, -0.1) is 0 Å². The predicted molar refractivity (Wildman–Crippen MR) is 66.4 cm³/mol. The smallest absolute Gasteiger partial charge is 0.187 e. The maximum absolute atomic E-state index is 8.98. The van der Waals surface area contributed by atoms with Gasteiger partial charge >= 0.3 is 0 Å². The van der Waals surface area contributed by atoms with E-state index < -0.39 is 5.54 Å². The molecule has 4 nitrogen and oxygen atoms in total. The number of hydrogen-bond donors (Lipinski definition) is 2. The summed E-state index contributed by atoms with van der Waals surface area (Å²) in [6, 6.07) is 0. The summed E-state index contributed by atoms with van der Waals surface area (Å²) < 4.78 is 0. The standard InChI is InChI=1S/C11H19N3OS/c1-9-6-13-10(14-7-9)16-5-3-4-11(2,12)8-15/h6-7,15H,3-5,8,12H2,1-2H3. The second-order valence-corrected chi connectivity index (χ2v) is 5.37. The van der Waals surface area contributed by atoms with Crippen molar-refractivity contribution in [2.45, 2.75) is 37.4 Å². The first-order chi connectivity index (χ1) is 7.53. The van der Waals surface area contributed by atoms with Crippen molar-refractivity contribution in [3.05, 3.63) is 18.0 Å². The Morgan fingerprint density at radius 1 is 1.44 bits per heavy atom. The summed E-state index contributed by atoms with van der Waals surface area (Å²) in [7, 11) is 0. The molecular weight excluding hydrogens is 222 g/mol. The minimum absolute atomic E-state index is 0.0265. The molecule has 1 aromatic rings. The third kappa shape index (κ3) is 4.92. The van der Waals surface area contributed by atoms with Crippen molar-refractivity contribution in [3.63, 3.8) is 0 Å². The van der Waals surface area contributed by atoms with Crippen LogP contribution in [0.5, 0.6) is 0 Å². The average molecular weight is 241 g/mol. The van der Waals surface area contributed by atoms with Crippen molar-refractivity contribution in [2.75, 3.05) is 12.4 Å². The molecule has 1 aromatic heterocycles. The van der Waals surface area contributed by atoms with E-state index in [-0.39, 0.29) is 6.61 Å². The predicted octanol–water partition coefficient (Wildman–Crippen LogP) is 1.37. The SMILES string of the molecule is Cc1cnc(SCCCC(C)(N)CO)nc1. The molecule has 1 atom stereocenters. The summed E-state index contributed by atoms with van der Waals surface area (Å²) in [5.41, 5.74) is 6.43. The Bertz CT molecular complexity index is 314. The second-order valence-electron chi connectivity index (χ2n) is 4.31. The molecule has 0 amide bonds. The van der Waals surface area contributed by atoms with Crippen LogP contribution in [0.25, 0.3) is 0 Å². The van der Waals surface area contributed by atoms with Crippen LogP contribution in [0.2, 0.25) is 0 Å². The molecule has 0 aliphatic heterocycles. The molecule has 0 aromatic carbocycles. The number of aryl methyl sites for hydroxylation is 1. The van der Waals surface area contributed by atoms with Gasteiger partial charge in [-0.1, -0.05) is 11.8 Å². The number of hydrogen-bond acceptors (Lipinski definition) is 5. The van der Waals surface area contributed by atoms with Crippen molar-refractivity contribution < 1.29 is 5.11 Å². The molecule has 0 aliphatic carbocycles. The maximum Gasteiger partial charge on any atom is 0.187 e. The molecule has 1 rings (SSSR count). The minimum atomic E-state index is -0.464. The van der Waals surface area contributed by atoms with Gasteiger partial charge in [0.05, 0.1) is 6.61 Å². The van der Waals surface area contributed by atoms with Gasteiger partial charge in [0.15, 0.2) is 5.16 Å². The lowest BCUT2D eigenvalue weighted by molar-refractivity contribution is 0.200. The summed E-state index contributed by atoms with van der Waals surface area (Å²) >= 11 is 1.62. The van der Waals surface area contributed by atoms with Gasteiger partial charge in [-0.3, -0.25) is 0 Å². The molecule has 1 heterocycles. The zero-order chi connectivity index (χ0) is 12.0. The van der Waals surface area contributed by atoms with Gasteiger partial charge in [0.1, 0.15) is 0 Å². The highest BCUT2D eigenvalue weighted by Gasteiger charge is 2.15. The monoisotopic (exact) mass is 241 g/mol. The van der Waals surface area contributed by atoms with Gasteiger partial charge in [0.25, 0.3) is 0 Å². The van der Waals surface area contributed by atoms with Gasteiger partial charge < -0.3 is 10.8 Å². The highest BCUT2D eigenvalue weighted by Crippen LogP contribution is 2.16. The molecule has 0 spiro atoms. The molecule has 0 aliphatic rings. The molecule has 1 unspecified atom stereocenters. The van der Waals surface area contributed by atoms with Crippen molar-refractivity contribution in [1.82, 2.24) is 9.97 Å². The average Bonchev–Trinajstić information content (AvgIpc) is 2.27. The minimum Gasteiger partial charge on any atom is -0.394 e. The van der Waals surface area contributed by atoms with Gasteiger partial charge in [-0.2, -0.15) is 0 Å². The lowest BCUT2D eigenvalue weighted by atomic mass is 9.99. The fourth-order valence-corrected chi connectivity index (χ4v) is 1.90. The quantitative estimate of drug-likeness (QED) is 0.447. The van der Waals surface area contributed by atoms with Crippen LogP contribution in [0.3, 0.4) is 0 Å². The highest BCUT2D eigenvalue weighted by atomic mass is 32.2. The molecule has 5 heteroatoms. The molecule has 0 saturated heterocycles. The third-order valence-corrected chi connectivity index (χ3v) is 3.20. The zero-order valence-electron chi connectivity index (χ0n) is 9.81. The number of aliphatic hydroxyl groups excluding tert-OH is 1. The van der Waals surface area contributed by atoms with E-state index in [1.165, 1.54) is 0 Å². The Hall–Kier alpha value is -0.650. The molecule has 16 heavy (non-hydrogen) atoms. The molecule has 3 N–H and O–H groups in total. The number of aromatic nitrogens is 2. The molecule has 0 saturated carbocycles. The van der Waals surface area contributed by atoms with Crippen LogP contribution >= 0.6 is 11.8 Å². The topological polar surface area (TPSA) is 72.0 Å². The lowest BCUT2D eigenvalue weighted by Crippen LogP contribution is -2.40. The van der Waals surface area contributed by atoms with Crippen LogP contribution < -0.4 is 5.73 Å². The first-order valence-electron chi connectivity index (χ1n) is 5.35. The Morgan fingerprint density at radius 3 is 2.62 bits per heavy atom. The van der Waals surface area contributed by atoms with Crippen molar-refractivity contribution in [2.24, 2.45) is 5.73 Å². The number of thioether (sulfide) groups is 1. The van der Waals surface area contributed by atoms with Crippen molar-refractivity contribution >= 4 is 11.8 Å². The summed E-state index contributed by atoms with van der Waals surface area (Å²) in [4.78, 5) is 8.41. The third-order valence-electron chi connectivity index (χ3n) is 2.24. The van der Waals surface area contributed by atoms with E-state index >= 15 is 0 Å². The normalized spacial score (nSPS) is 14.8. The van der Waals surface area contributed by atoms with E-state index in [1.54, 1.807) is 11.8 Å². The fourth-order valence-electron chi connectivity index (χ4n) is 1.17. The molecule has 90 valence electrons. The van der Waals surface area contributed by atoms with Crippen LogP contribution in [0, 0.1) is 6.92 Å². The van der Waals surface area contributed by atoms with E-state index in [0.29, 0.717) is 0 Å². The van der Waals surface area contributed by atoms with Crippen LogP contribution in [0.15, 0.2) is 17.6 Å². The zero-order valence-corrected chi connectivity index (χ0v) is 10.6. The number of nitrogens with two attached hydrogens (primary N) is 1. The summed E-state index contributed by atoms with van der Waals surface area (Å²) in [5.74, 6) is 0.926. The van der Waals surface area contributed by atoms with Crippen LogP contribution in [-0.2, 0) is 0 Å². The van der Waals surface area contributed by atoms with E-state index in [9.17, 15) is 0 Å². The van der Waals surface area contributed by atoms with Crippen molar-refractivity contribution in [3.8, 4) is 0 Å². The van der Waals surface area contributed by atoms with Gasteiger partial charge in [-0.05, 0) is 32.3 Å². The van der Waals surface area contributed by atoms with E-state index in [4.69, 9.17) is 10.8 Å². The number of nitrogens with zero attached hydrogens (tertiary/aromatic N) is 2. The van der Waals surface area contributed by atoms with Gasteiger partial charge in [-0.25, -0.2) is 9.97 Å². The molecule has 0 fully saturated rings. The Balaban J connectivity index is 2.23. The lowest BCUT2D eigenvalue weighted by Gasteiger charge is -2.20. The Kier molecular flexibility index (Phi) is 5.18. The fraction of sp³-hybridized carbons (Fsp3) is 0.636. The van der Waals surface area contributed by atoms with Crippen LogP contribution in [-0.4, -0.2) is 33.0 Å². The largest absolute Gasteiger partial charge is 0.394 e. The first-order valence-corrected chi connectivity index (χ1v) is 6.33. The number of aliphatic hydroxyl groups is 1. The molecular formula is C11H19N3OS. The van der Waals surface area contributed by atoms with E-state index in [1.807, 2.05) is 26.2 Å². The van der Waals surface area contributed by atoms with Crippen LogP contribution in [0.4, 0.5) is 0 Å². The van der Waals surface area contributed by atoms with Crippen LogP contribution in [0.1, 0.15) is 25.3 Å². The second kappa shape index (κ2) is 6.18. The maximum atomic E-state index is 8.98. The van der Waals surface area contributed by atoms with E-state index in [0.717, 1.165) is 29.3 Å². The van der Waals surface area contributed by atoms with Gasteiger partial charge in [0, 0.05) is 23.7 Å².